The lowest BCUT2D eigenvalue weighted by molar-refractivity contribution is -0.142. The summed E-state index contributed by atoms with van der Waals surface area (Å²) in [4.78, 5) is 10.8. The van der Waals surface area contributed by atoms with Crippen LogP contribution in [0.25, 0.3) is 0 Å². The number of carbonyl (C=O) groups excluding carboxylic acids is 1. The largest absolute Gasteiger partial charge is 0.465 e. The molecule has 0 radical (unpaired) electrons. The van der Waals surface area contributed by atoms with Crippen molar-refractivity contribution < 1.29 is 9.53 Å². The van der Waals surface area contributed by atoms with Gasteiger partial charge in [0.15, 0.2) is 0 Å². The minimum atomic E-state index is -0.309. The molecule has 2 nitrogen and oxygen atoms in total. The Labute approximate surface area is 85.6 Å². The Balaban J connectivity index is 3.52. The first-order chi connectivity index (χ1) is 6.24. The Morgan fingerprint density at radius 2 is 2.15 bits per heavy atom. The van der Waals surface area contributed by atoms with E-state index < -0.39 is 0 Å². The third-order valence-electron chi connectivity index (χ3n) is 2.13. The van der Waals surface area contributed by atoms with Crippen molar-refractivity contribution in [3.05, 3.63) is 0 Å². The van der Waals surface area contributed by atoms with E-state index in [9.17, 15) is 4.79 Å². The molecule has 78 valence electrons. The molecule has 0 amide bonds. The van der Waals surface area contributed by atoms with E-state index in [2.05, 4.69) is 13.8 Å². The molecule has 0 aliphatic carbocycles. The number of alkyl halides is 1. The predicted molar refractivity (Wildman–Crippen MR) is 55.0 cm³/mol. The quantitative estimate of drug-likeness (QED) is 0.473. The van der Waals surface area contributed by atoms with Gasteiger partial charge in [-0.15, -0.1) is 11.6 Å². The first-order valence-electron chi connectivity index (χ1n) is 4.96. The lowest BCUT2D eigenvalue weighted by Gasteiger charge is -2.13. The van der Waals surface area contributed by atoms with Crippen molar-refractivity contribution in [1.82, 2.24) is 0 Å². The van der Waals surface area contributed by atoms with E-state index in [-0.39, 0.29) is 11.8 Å². The van der Waals surface area contributed by atoms with Crippen LogP contribution in [0.4, 0.5) is 0 Å². The Kier molecular flexibility index (Phi) is 8.21. The molecule has 13 heavy (non-hydrogen) atoms. The summed E-state index contributed by atoms with van der Waals surface area (Å²) in [6, 6.07) is 0. The maximum Gasteiger partial charge on any atom is 0.320 e. The smallest absolute Gasteiger partial charge is 0.320 e. The van der Waals surface area contributed by atoms with Crippen LogP contribution in [0.3, 0.4) is 0 Å². The van der Waals surface area contributed by atoms with Crippen LogP contribution in [0.2, 0.25) is 0 Å². The van der Waals surface area contributed by atoms with E-state index in [4.69, 9.17) is 16.3 Å². The van der Waals surface area contributed by atoms with Gasteiger partial charge >= 0.3 is 5.97 Å². The molecule has 0 saturated carbocycles. The zero-order valence-corrected chi connectivity index (χ0v) is 9.27. The minimum absolute atomic E-state index is 0.0375. The van der Waals surface area contributed by atoms with Crippen molar-refractivity contribution in [1.29, 1.82) is 0 Å². The Bertz CT molecular complexity index is 137. The molecule has 0 aliphatic rings. The van der Waals surface area contributed by atoms with Gasteiger partial charge in [-0.25, -0.2) is 0 Å². The standard InChI is InChI=1S/C10H19ClO2/c1-3-5-6-9(4-2)8-13-10(12)7-11/h9H,3-8H2,1-2H3. The van der Waals surface area contributed by atoms with Gasteiger partial charge in [0, 0.05) is 0 Å². The topological polar surface area (TPSA) is 26.3 Å². The summed E-state index contributed by atoms with van der Waals surface area (Å²) >= 11 is 5.31. The molecular weight excluding hydrogens is 188 g/mol. The highest BCUT2D eigenvalue weighted by atomic mass is 35.5. The van der Waals surface area contributed by atoms with Gasteiger partial charge in [-0.3, -0.25) is 4.79 Å². The molecule has 0 spiro atoms. The van der Waals surface area contributed by atoms with Crippen LogP contribution >= 0.6 is 11.6 Å². The maximum absolute atomic E-state index is 10.8. The highest BCUT2D eigenvalue weighted by molar-refractivity contribution is 6.26. The summed E-state index contributed by atoms with van der Waals surface area (Å²) in [7, 11) is 0. The molecule has 0 saturated heterocycles. The first kappa shape index (κ1) is 12.8. The molecule has 0 fully saturated rings. The number of esters is 1. The van der Waals surface area contributed by atoms with E-state index in [0.717, 1.165) is 12.8 Å². The van der Waals surface area contributed by atoms with Gasteiger partial charge < -0.3 is 4.74 Å². The summed E-state index contributed by atoms with van der Waals surface area (Å²) in [5.74, 6) is 0.160. The van der Waals surface area contributed by atoms with Crippen LogP contribution in [0.1, 0.15) is 39.5 Å². The molecule has 0 aromatic carbocycles. The van der Waals surface area contributed by atoms with Crippen LogP contribution < -0.4 is 0 Å². The van der Waals surface area contributed by atoms with E-state index in [1.165, 1.54) is 12.8 Å². The van der Waals surface area contributed by atoms with E-state index >= 15 is 0 Å². The van der Waals surface area contributed by atoms with Crippen molar-refractivity contribution >= 4 is 17.6 Å². The second-order valence-electron chi connectivity index (χ2n) is 3.23. The second kappa shape index (κ2) is 8.36. The van der Waals surface area contributed by atoms with Gasteiger partial charge in [0.1, 0.15) is 5.88 Å². The average Bonchev–Trinajstić information content (AvgIpc) is 2.17. The lowest BCUT2D eigenvalue weighted by atomic mass is 10.0. The fourth-order valence-electron chi connectivity index (χ4n) is 1.15. The third kappa shape index (κ3) is 6.88. The van der Waals surface area contributed by atoms with Gasteiger partial charge in [0.05, 0.1) is 6.61 Å². The van der Waals surface area contributed by atoms with Gasteiger partial charge in [-0.2, -0.15) is 0 Å². The number of halogens is 1. The molecule has 0 bridgehead atoms. The fourth-order valence-corrected chi connectivity index (χ4v) is 1.22. The molecule has 0 aromatic rings. The van der Waals surface area contributed by atoms with Gasteiger partial charge in [0.2, 0.25) is 0 Å². The van der Waals surface area contributed by atoms with Crippen LogP contribution in [-0.2, 0) is 9.53 Å². The van der Waals surface area contributed by atoms with Crippen molar-refractivity contribution in [2.45, 2.75) is 39.5 Å². The zero-order chi connectivity index (χ0) is 10.1. The Morgan fingerprint density at radius 1 is 1.46 bits per heavy atom. The van der Waals surface area contributed by atoms with Gasteiger partial charge in [0.25, 0.3) is 0 Å². The molecule has 1 atom stereocenters. The van der Waals surface area contributed by atoms with Gasteiger partial charge in [-0.05, 0) is 12.3 Å². The minimum Gasteiger partial charge on any atom is -0.465 e. The molecule has 0 heterocycles. The SMILES string of the molecule is CCCCC(CC)COC(=O)CCl. The zero-order valence-electron chi connectivity index (χ0n) is 8.51. The van der Waals surface area contributed by atoms with Crippen LogP contribution in [0.15, 0.2) is 0 Å². The second-order valence-corrected chi connectivity index (χ2v) is 3.50. The molecular formula is C10H19ClO2. The number of rotatable bonds is 7. The van der Waals surface area contributed by atoms with Crippen LogP contribution in [-0.4, -0.2) is 18.5 Å². The summed E-state index contributed by atoms with van der Waals surface area (Å²) < 4.78 is 4.97. The summed E-state index contributed by atoms with van der Waals surface area (Å²) in [5.41, 5.74) is 0. The summed E-state index contributed by atoms with van der Waals surface area (Å²) in [6.07, 6.45) is 4.61. The van der Waals surface area contributed by atoms with E-state index in [0.29, 0.717) is 12.5 Å². The third-order valence-corrected chi connectivity index (χ3v) is 2.35. The van der Waals surface area contributed by atoms with Crippen molar-refractivity contribution in [3.63, 3.8) is 0 Å². The first-order valence-corrected chi connectivity index (χ1v) is 5.49. The van der Waals surface area contributed by atoms with Crippen LogP contribution in [0, 0.1) is 5.92 Å². The number of ether oxygens (including phenoxy) is 1. The lowest BCUT2D eigenvalue weighted by Crippen LogP contribution is -2.14. The number of hydrogen-bond donors (Lipinski definition) is 0. The fraction of sp³-hybridized carbons (Fsp3) is 0.900. The van der Waals surface area contributed by atoms with Crippen molar-refractivity contribution in [2.24, 2.45) is 5.92 Å². The molecule has 3 heteroatoms. The highest BCUT2D eigenvalue weighted by Gasteiger charge is 2.08. The van der Waals surface area contributed by atoms with E-state index in [1.54, 1.807) is 0 Å². The van der Waals surface area contributed by atoms with Gasteiger partial charge in [-0.1, -0.05) is 33.1 Å². The molecule has 1 unspecified atom stereocenters. The Morgan fingerprint density at radius 3 is 2.62 bits per heavy atom. The van der Waals surface area contributed by atoms with Crippen molar-refractivity contribution in [2.75, 3.05) is 12.5 Å². The van der Waals surface area contributed by atoms with E-state index in [1.807, 2.05) is 0 Å². The maximum atomic E-state index is 10.8. The molecule has 0 rings (SSSR count). The Hall–Kier alpha value is -0.240. The monoisotopic (exact) mass is 206 g/mol. The number of hydrogen-bond acceptors (Lipinski definition) is 2. The normalized spacial score (nSPS) is 12.5. The molecule has 0 aliphatic heterocycles. The molecule has 0 N–H and O–H groups in total. The van der Waals surface area contributed by atoms with Crippen molar-refractivity contribution in [3.8, 4) is 0 Å². The predicted octanol–water partition coefficient (Wildman–Crippen LogP) is 2.98. The highest BCUT2D eigenvalue weighted by Crippen LogP contribution is 2.12. The van der Waals surface area contributed by atoms with Crippen LogP contribution in [0.5, 0.6) is 0 Å². The number of carbonyl (C=O) groups is 1. The summed E-state index contributed by atoms with van der Waals surface area (Å²) in [5, 5.41) is 0. The molecule has 0 aromatic heterocycles. The average molecular weight is 207 g/mol. The number of unbranched alkanes of at least 4 members (excludes halogenated alkanes) is 1. The summed E-state index contributed by atoms with van der Waals surface area (Å²) in [6.45, 7) is 4.81.